The summed E-state index contributed by atoms with van der Waals surface area (Å²) in [6, 6.07) is 18.8. The third-order valence-electron chi connectivity index (χ3n) is 5.21. The Morgan fingerprint density at radius 2 is 1.74 bits per heavy atom. The Balaban J connectivity index is 1.43. The maximum atomic E-state index is 12.9. The van der Waals surface area contributed by atoms with E-state index in [2.05, 4.69) is 15.5 Å². The van der Waals surface area contributed by atoms with Gasteiger partial charge in [-0.05, 0) is 36.4 Å². The Morgan fingerprint density at radius 3 is 2.49 bits per heavy atom. The summed E-state index contributed by atoms with van der Waals surface area (Å²) in [5, 5.41) is 7.17. The standard InChI is InChI=1S/C26H22ClN3O5/c1-33-21-11-8-17(14-22(21)34-2)26-29-24(35-30-26)13-12-23(31)28-20-10-9-18(27)15-19(20)25(32)16-6-4-3-5-7-16/h3-11,14-15H,12-13H2,1-2H3,(H,28,31). The van der Waals surface area contributed by atoms with Crippen LogP contribution in [0.2, 0.25) is 5.02 Å². The zero-order valence-corrected chi connectivity index (χ0v) is 19.8. The molecule has 9 heteroatoms. The molecule has 1 amide bonds. The third kappa shape index (κ3) is 5.67. The molecule has 3 aromatic carbocycles. The Morgan fingerprint density at radius 1 is 0.971 bits per heavy atom. The van der Waals surface area contributed by atoms with Crippen LogP contribution in [0.5, 0.6) is 11.5 Å². The van der Waals surface area contributed by atoms with Gasteiger partial charge in [-0.2, -0.15) is 4.98 Å². The molecule has 0 aliphatic rings. The maximum Gasteiger partial charge on any atom is 0.227 e. The number of benzene rings is 3. The summed E-state index contributed by atoms with van der Waals surface area (Å²) in [5.74, 6) is 1.26. The molecule has 0 spiro atoms. The maximum absolute atomic E-state index is 12.9. The van der Waals surface area contributed by atoms with Crippen LogP contribution in [0.4, 0.5) is 5.69 Å². The van der Waals surface area contributed by atoms with Crippen molar-refractivity contribution in [3.05, 3.63) is 88.8 Å². The van der Waals surface area contributed by atoms with Gasteiger partial charge >= 0.3 is 0 Å². The smallest absolute Gasteiger partial charge is 0.227 e. The summed E-state index contributed by atoms with van der Waals surface area (Å²) < 4.78 is 15.8. The van der Waals surface area contributed by atoms with Gasteiger partial charge in [-0.25, -0.2) is 0 Å². The van der Waals surface area contributed by atoms with Crippen LogP contribution in [-0.4, -0.2) is 36.1 Å². The van der Waals surface area contributed by atoms with Gasteiger partial charge in [-0.3, -0.25) is 9.59 Å². The van der Waals surface area contributed by atoms with Gasteiger partial charge in [0.05, 0.1) is 19.9 Å². The summed E-state index contributed by atoms with van der Waals surface area (Å²) >= 11 is 6.11. The normalized spacial score (nSPS) is 10.6. The minimum absolute atomic E-state index is 0.0785. The first-order valence-electron chi connectivity index (χ1n) is 10.7. The molecular weight excluding hydrogens is 470 g/mol. The molecule has 0 saturated heterocycles. The molecule has 178 valence electrons. The molecule has 35 heavy (non-hydrogen) atoms. The number of hydrogen-bond donors (Lipinski definition) is 1. The van der Waals surface area contributed by atoms with Gasteiger partial charge in [-0.15, -0.1) is 0 Å². The van der Waals surface area contributed by atoms with Crippen molar-refractivity contribution >= 4 is 29.0 Å². The molecule has 0 aliphatic heterocycles. The first kappa shape index (κ1) is 24.0. The van der Waals surface area contributed by atoms with Crippen LogP contribution in [0.15, 0.2) is 71.3 Å². The van der Waals surface area contributed by atoms with E-state index in [1.807, 2.05) is 6.07 Å². The highest BCUT2D eigenvalue weighted by atomic mass is 35.5. The zero-order chi connectivity index (χ0) is 24.8. The number of carbonyl (C=O) groups excluding carboxylic acids is 2. The Bertz CT molecular complexity index is 1350. The molecule has 8 nitrogen and oxygen atoms in total. The first-order chi connectivity index (χ1) is 17.0. The van der Waals surface area contributed by atoms with Crippen molar-refractivity contribution in [2.75, 3.05) is 19.5 Å². The van der Waals surface area contributed by atoms with Crippen LogP contribution in [0.1, 0.15) is 28.2 Å². The lowest BCUT2D eigenvalue weighted by molar-refractivity contribution is -0.116. The largest absolute Gasteiger partial charge is 0.493 e. The average Bonchev–Trinajstić information content (AvgIpc) is 3.37. The second kappa shape index (κ2) is 10.8. The molecule has 0 saturated carbocycles. The molecule has 0 atom stereocenters. The van der Waals surface area contributed by atoms with Crippen molar-refractivity contribution in [1.29, 1.82) is 0 Å². The molecule has 0 unspecified atom stereocenters. The highest BCUT2D eigenvalue weighted by Gasteiger charge is 2.17. The van der Waals surface area contributed by atoms with E-state index < -0.39 is 0 Å². The minimum atomic E-state index is -0.305. The number of hydrogen-bond acceptors (Lipinski definition) is 7. The van der Waals surface area contributed by atoms with Gasteiger partial charge in [-0.1, -0.05) is 47.1 Å². The van der Waals surface area contributed by atoms with Crippen LogP contribution in [-0.2, 0) is 11.2 Å². The van der Waals surface area contributed by atoms with Crippen LogP contribution in [0.3, 0.4) is 0 Å². The summed E-state index contributed by atoms with van der Waals surface area (Å²) in [6.45, 7) is 0. The first-order valence-corrected chi connectivity index (χ1v) is 11.1. The van der Waals surface area contributed by atoms with Crippen molar-refractivity contribution in [2.24, 2.45) is 0 Å². The van der Waals surface area contributed by atoms with E-state index in [0.29, 0.717) is 50.6 Å². The molecule has 0 bridgehead atoms. The quantitative estimate of drug-likeness (QED) is 0.320. The highest BCUT2D eigenvalue weighted by molar-refractivity contribution is 6.31. The number of anilines is 1. The minimum Gasteiger partial charge on any atom is -0.493 e. The summed E-state index contributed by atoms with van der Waals surface area (Å²) in [4.78, 5) is 29.9. The van der Waals surface area contributed by atoms with Crippen molar-refractivity contribution in [1.82, 2.24) is 10.1 Å². The number of halogens is 1. The molecule has 4 rings (SSSR count). The number of aryl methyl sites for hydroxylation is 1. The molecule has 1 N–H and O–H groups in total. The van der Waals surface area contributed by atoms with Gasteiger partial charge in [0.25, 0.3) is 0 Å². The zero-order valence-electron chi connectivity index (χ0n) is 19.1. The number of ketones is 1. The average molecular weight is 492 g/mol. The van der Waals surface area contributed by atoms with Crippen molar-refractivity contribution in [3.63, 3.8) is 0 Å². The van der Waals surface area contributed by atoms with Crippen LogP contribution in [0.25, 0.3) is 11.4 Å². The van der Waals surface area contributed by atoms with E-state index in [4.69, 9.17) is 25.6 Å². The SMILES string of the molecule is COc1ccc(-c2noc(CCC(=O)Nc3ccc(Cl)cc3C(=O)c3ccccc3)n2)cc1OC. The van der Waals surface area contributed by atoms with Gasteiger partial charge in [0.1, 0.15) is 0 Å². The Hall–Kier alpha value is -4.17. The number of carbonyl (C=O) groups is 2. The molecule has 1 aromatic heterocycles. The van der Waals surface area contributed by atoms with Crippen molar-refractivity contribution in [3.8, 4) is 22.9 Å². The number of aromatic nitrogens is 2. The van der Waals surface area contributed by atoms with E-state index in [1.165, 1.54) is 0 Å². The number of nitrogens with zero attached hydrogens (tertiary/aromatic N) is 2. The number of methoxy groups -OCH3 is 2. The Labute approximate surface area is 206 Å². The van der Waals surface area contributed by atoms with Crippen molar-refractivity contribution < 1.29 is 23.6 Å². The second-order valence-electron chi connectivity index (χ2n) is 7.51. The monoisotopic (exact) mass is 491 g/mol. The predicted octanol–water partition coefficient (Wildman–Crippen LogP) is 5.21. The molecule has 0 fully saturated rings. The summed E-state index contributed by atoms with van der Waals surface area (Å²) in [6.07, 6.45) is 0.302. The Kier molecular flexibility index (Phi) is 7.42. The van der Waals surface area contributed by atoms with E-state index in [1.54, 1.807) is 74.9 Å². The number of amides is 1. The topological polar surface area (TPSA) is 104 Å². The van der Waals surface area contributed by atoms with Crippen LogP contribution in [0, 0.1) is 0 Å². The van der Waals surface area contributed by atoms with Gasteiger partial charge in [0.2, 0.25) is 17.6 Å². The van der Waals surface area contributed by atoms with Gasteiger partial charge < -0.3 is 19.3 Å². The fourth-order valence-corrected chi connectivity index (χ4v) is 3.61. The van der Waals surface area contributed by atoms with E-state index in [9.17, 15) is 9.59 Å². The molecule has 1 heterocycles. The fraction of sp³-hybridized carbons (Fsp3) is 0.154. The molecule has 4 aromatic rings. The lowest BCUT2D eigenvalue weighted by atomic mass is 10.0. The van der Waals surface area contributed by atoms with Crippen LogP contribution < -0.4 is 14.8 Å². The summed E-state index contributed by atoms with van der Waals surface area (Å²) in [5.41, 5.74) is 1.88. The van der Waals surface area contributed by atoms with E-state index in [-0.39, 0.29) is 24.5 Å². The molecule has 0 radical (unpaired) electrons. The number of nitrogens with one attached hydrogen (secondary N) is 1. The van der Waals surface area contributed by atoms with Crippen LogP contribution >= 0.6 is 11.6 Å². The highest BCUT2D eigenvalue weighted by Crippen LogP contribution is 2.31. The summed E-state index contributed by atoms with van der Waals surface area (Å²) in [7, 11) is 3.10. The third-order valence-corrected chi connectivity index (χ3v) is 5.45. The van der Waals surface area contributed by atoms with Crippen molar-refractivity contribution in [2.45, 2.75) is 12.8 Å². The van der Waals surface area contributed by atoms with Gasteiger partial charge in [0, 0.05) is 34.6 Å². The second-order valence-corrected chi connectivity index (χ2v) is 7.95. The van der Waals surface area contributed by atoms with E-state index in [0.717, 1.165) is 0 Å². The number of ether oxygens (including phenoxy) is 2. The van der Waals surface area contributed by atoms with E-state index >= 15 is 0 Å². The lowest BCUT2D eigenvalue weighted by Crippen LogP contribution is -2.15. The van der Waals surface area contributed by atoms with Gasteiger partial charge in [0.15, 0.2) is 17.3 Å². The lowest BCUT2D eigenvalue weighted by Gasteiger charge is -2.11. The molecular formula is C26H22ClN3O5. The molecule has 0 aliphatic carbocycles. The fourth-order valence-electron chi connectivity index (χ4n) is 3.44. The predicted molar refractivity (Wildman–Crippen MR) is 131 cm³/mol. The number of rotatable bonds is 9.